The first-order valence-electron chi connectivity index (χ1n) is 6.00. The first-order valence-corrected chi connectivity index (χ1v) is 6.00. The van der Waals surface area contributed by atoms with Crippen LogP contribution in [0.25, 0.3) is 0 Å². The van der Waals surface area contributed by atoms with Crippen LogP contribution in [0.5, 0.6) is 0 Å². The second-order valence-electron chi connectivity index (χ2n) is 4.72. The largest absolute Gasteiger partial charge is 0.335 e. The predicted octanol–water partition coefficient (Wildman–Crippen LogP) is 0.886. The molecule has 2 rings (SSSR count). The van der Waals surface area contributed by atoms with Crippen LogP contribution in [0.2, 0.25) is 0 Å². The zero-order valence-corrected chi connectivity index (χ0v) is 9.54. The molecule has 2 aliphatic heterocycles. The fraction of sp³-hybridized carbons (Fsp3) is 0.909. The van der Waals surface area contributed by atoms with Gasteiger partial charge in [0.25, 0.3) is 0 Å². The molecule has 0 aromatic rings. The number of piperidine rings is 1. The maximum atomic E-state index is 11.8. The SMILES string of the molecule is CN1CCC(NC(=O)N2CCCC2)CC1. The molecule has 0 aromatic carbocycles. The molecule has 0 unspecified atom stereocenters. The van der Waals surface area contributed by atoms with Crippen molar-refractivity contribution >= 4 is 6.03 Å². The predicted molar refractivity (Wildman–Crippen MR) is 59.9 cm³/mol. The zero-order valence-electron chi connectivity index (χ0n) is 9.54. The quantitative estimate of drug-likeness (QED) is 0.699. The lowest BCUT2D eigenvalue weighted by molar-refractivity contribution is 0.189. The second kappa shape index (κ2) is 4.84. The number of urea groups is 1. The number of nitrogens with zero attached hydrogens (tertiary/aromatic N) is 2. The molecule has 0 radical (unpaired) electrons. The van der Waals surface area contributed by atoms with E-state index in [1.54, 1.807) is 0 Å². The maximum Gasteiger partial charge on any atom is 0.317 e. The van der Waals surface area contributed by atoms with E-state index in [2.05, 4.69) is 17.3 Å². The van der Waals surface area contributed by atoms with Gasteiger partial charge in [-0.15, -0.1) is 0 Å². The van der Waals surface area contributed by atoms with E-state index in [1.165, 1.54) is 12.8 Å². The van der Waals surface area contributed by atoms with E-state index in [4.69, 9.17) is 0 Å². The minimum atomic E-state index is 0.155. The molecule has 2 aliphatic rings. The summed E-state index contributed by atoms with van der Waals surface area (Å²) in [5.74, 6) is 0. The number of rotatable bonds is 1. The number of carbonyl (C=O) groups is 1. The van der Waals surface area contributed by atoms with Crippen molar-refractivity contribution in [2.45, 2.75) is 31.7 Å². The Morgan fingerprint density at radius 3 is 2.33 bits per heavy atom. The van der Waals surface area contributed by atoms with Crippen molar-refractivity contribution in [3.63, 3.8) is 0 Å². The van der Waals surface area contributed by atoms with E-state index in [0.29, 0.717) is 6.04 Å². The molecule has 4 nitrogen and oxygen atoms in total. The number of likely N-dealkylation sites (tertiary alicyclic amines) is 2. The molecule has 2 fully saturated rings. The average Bonchev–Trinajstić information content (AvgIpc) is 2.74. The molecule has 0 atom stereocenters. The summed E-state index contributed by atoms with van der Waals surface area (Å²) in [4.78, 5) is 16.1. The highest BCUT2D eigenvalue weighted by atomic mass is 16.2. The molecular weight excluding hydrogens is 190 g/mol. The highest BCUT2D eigenvalue weighted by molar-refractivity contribution is 5.74. The Labute approximate surface area is 91.6 Å². The van der Waals surface area contributed by atoms with Crippen molar-refractivity contribution in [3.8, 4) is 0 Å². The van der Waals surface area contributed by atoms with Gasteiger partial charge in [0, 0.05) is 19.1 Å². The van der Waals surface area contributed by atoms with Crippen molar-refractivity contribution < 1.29 is 4.79 Å². The Bertz CT molecular complexity index is 218. The molecule has 0 aliphatic carbocycles. The van der Waals surface area contributed by atoms with E-state index in [9.17, 15) is 4.79 Å². The van der Waals surface area contributed by atoms with E-state index in [0.717, 1.165) is 39.0 Å². The summed E-state index contributed by atoms with van der Waals surface area (Å²) in [6.45, 7) is 4.09. The monoisotopic (exact) mass is 211 g/mol. The van der Waals surface area contributed by atoms with E-state index in [1.807, 2.05) is 4.90 Å². The Hall–Kier alpha value is -0.770. The summed E-state index contributed by atoms with van der Waals surface area (Å²) >= 11 is 0. The number of amides is 2. The Morgan fingerprint density at radius 1 is 1.13 bits per heavy atom. The minimum absolute atomic E-state index is 0.155. The van der Waals surface area contributed by atoms with E-state index >= 15 is 0 Å². The normalized spacial score (nSPS) is 24.5. The third kappa shape index (κ3) is 2.84. The van der Waals surface area contributed by atoms with Crippen LogP contribution in [0, 0.1) is 0 Å². The van der Waals surface area contributed by atoms with E-state index < -0.39 is 0 Å². The lowest BCUT2D eigenvalue weighted by Gasteiger charge is -2.30. The van der Waals surface area contributed by atoms with Gasteiger partial charge in [-0.1, -0.05) is 0 Å². The summed E-state index contributed by atoms with van der Waals surface area (Å²) in [5.41, 5.74) is 0. The molecule has 2 saturated heterocycles. The number of hydrogen-bond acceptors (Lipinski definition) is 2. The average molecular weight is 211 g/mol. The number of carbonyl (C=O) groups excluding carboxylic acids is 1. The van der Waals surface area contributed by atoms with Gasteiger partial charge in [-0.3, -0.25) is 0 Å². The molecule has 2 heterocycles. The highest BCUT2D eigenvalue weighted by Gasteiger charge is 2.22. The van der Waals surface area contributed by atoms with Crippen LogP contribution in [0.1, 0.15) is 25.7 Å². The molecule has 2 amide bonds. The van der Waals surface area contributed by atoms with E-state index in [-0.39, 0.29) is 6.03 Å². The van der Waals surface area contributed by atoms with Gasteiger partial charge >= 0.3 is 6.03 Å². The van der Waals surface area contributed by atoms with Crippen LogP contribution >= 0.6 is 0 Å². The lowest BCUT2D eigenvalue weighted by Crippen LogP contribution is -2.47. The van der Waals surface area contributed by atoms with Gasteiger partial charge in [0.1, 0.15) is 0 Å². The standard InChI is InChI=1S/C11H21N3O/c1-13-8-4-10(5-9-13)12-11(15)14-6-2-3-7-14/h10H,2-9H2,1H3,(H,12,15). The maximum absolute atomic E-state index is 11.8. The van der Waals surface area contributed by atoms with Crippen molar-refractivity contribution in [1.29, 1.82) is 0 Å². The van der Waals surface area contributed by atoms with Crippen LogP contribution in [0.15, 0.2) is 0 Å². The second-order valence-corrected chi connectivity index (χ2v) is 4.72. The summed E-state index contributed by atoms with van der Waals surface area (Å²) in [5, 5.41) is 3.14. The van der Waals surface area contributed by atoms with Crippen molar-refractivity contribution in [3.05, 3.63) is 0 Å². The topological polar surface area (TPSA) is 35.6 Å². The van der Waals surface area contributed by atoms with Gasteiger partial charge in [0.15, 0.2) is 0 Å². The third-order valence-corrected chi connectivity index (χ3v) is 3.44. The van der Waals surface area contributed by atoms with Crippen molar-refractivity contribution in [2.75, 3.05) is 33.2 Å². The molecule has 0 aromatic heterocycles. The van der Waals surface area contributed by atoms with Gasteiger partial charge in [-0.25, -0.2) is 4.79 Å². The highest BCUT2D eigenvalue weighted by Crippen LogP contribution is 2.11. The van der Waals surface area contributed by atoms with Crippen LogP contribution in [-0.4, -0.2) is 55.1 Å². The van der Waals surface area contributed by atoms with Crippen LogP contribution < -0.4 is 5.32 Å². The summed E-state index contributed by atoms with van der Waals surface area (Å²) in [6, 6.07) is 0.552. The van der Waals surface area contributed by atoms with Gasteiger partial charge in [0.2, 0.25) is 0 Å². The molecule has 0 saturated carbocycles. The Balaban J connectivity index is 1.74. The van der Waals surface area contributed by atoms with Crippen LogP contribution in [0.4, 0.5) is 4.79 Å². The third-order valence-electron chi connectivity index (χ3n) is 3.44. The number of nitrogens with one attached hydrogen (secondary N) is 1. The molecular formula is C11H21N3O. The summed E-state index contributed by atoms with van der Waals surface area (Å²) in [6.07, 6.45) is 4.52. The Morgan fingerprint density at radius 2 is 1.73 bits per heavy atom. The molecule has 0 spiro atoms. The summed E-state index contributed by atoms with van der Waals surface area (Å²) in [7, 11) is 2.14. The summed E-state index contributed by atoms with van der Waals surface area (Å²) < 4.78 is 0. The van der Waals surface area contributed by atoms with Crippen LogP contribution in [0.3, 0.4) is 0 Å². The fourth-order valence-electron chi connectivity index (χ4n) is 2.34. The first kappa shape index (κ1) is 10.7. The zero-order chi connectivity index (χ0) is 10.7. The van der Waals surface area contributed by atoms with Crippen molar-refractivity contribution in [2.24, 2.45) is 0 Å². The smallest absolute Gasteiger partial charge is 0.317 e. The fourth-order valence-corrected chi connectivity index (χ4v) is 2.34. The molecule has 86 valence electrons. The van der Waals surface area contributed by atoms with Gasteiger partial charge in [-0.2, -0.15) is 0 Å². The number of hydrogen-bond donors (Lipinski definition) is 1. The molecule has 15 heavy (non-hydrogen) atoms. The molecule has 4 heteroatoms. The molecule has 0 bridgehead atoms. The van der Waals surface area contributed by atoms with Gasteiger partial charge in [-0.05, 0) is 45.8 Å². The van der Waals surface area contributed by atoms with Crippen molar-refractivity contribution in [1.82, 2.24) is 15.1 Å². The molecule has 1 N–H and O–H groups in total. The van der Waals surface area contributed by atoms with Gasteiger partial charge < -0.3 is 15.1 Å². The lowest BCUT2D eigenvalue weighted by atomic mass is 10.1. The first-order chi connectivity index (χ1) is 7.25. The van der Waals surface area contributed by atoms with Crippen LogP contribution in [-0.2, 0) is 0 Å². The van der Waals surface area contributed by atoms with Gasteiger partial charge in [0.05, 0.1) is 0 Å². The Kier molecular flexibility index (Phi) is 3.46. The minimum Gasteiger partial charge on any atom is -0.335 e.